The molecule has 7 nitrogen and oxygen atoms in total. The molecule has 0 spiro atoms. The molecule has 0 aromatic carbocycles. The minimum atomic E-state index is -0.930. The summed E-state index contributed by atoms with van der Waals surface area (Å²) >= 11 is 0. The lowest BCUT2D eigenvalue weighted by atomic mass is 9.35. The first-order valence-corrected chi connectivity index (χ1v) is 10.0. The minimum absolute atomic E-state index is 0.0548. The summed E-state index contributed by atoms with van der Waals surface area (Å²) in [5.74, 6) is -1.24. The summed E-state index contributed by atoms with van der Waals surface area (Å²) in [6, 6.07) is 0. The zero-order valence-electron chi connectivity index (χ0n) is 17.7. The molecule has 0 amide bonds. The third-order valence-corrected chi connectivity index (χ3v) is 7.54. The standard InChI is InChI=1S/C21H32O7/c1-9-8-13(25)15-16-14(9)21(15,7)19(28-12(4)24)17(26-10(2)22)18(20(16,5)6)27-11(3)23/h9,13-19,25H,8H2,1-7H3/t9-,13-,14+,15-,16+,17-,18-,19-,21+/m1/s1. The van der Waals surface area contributed by atoms with Gasteiger partial charge in [0.15, 0.2) is 6.10 Å². The van der Waals surface area contributed by atoms with Crippen molar-refractivity contribution in [3.05, 3.63) is 0 Å². The van der Waals surface area contributed by atoms with Gasteiger partial charge in [-0.3, -0.25) is 14.4 Å². The van der Waals surface area contributed by atoms with E-state index in [1.54, 1.807) is 0 Å². The van der Waals surface area contributed by atoms with Crippen molar-refractivity contribution in [1.82, 2.24) is 0 Å². The average molecular weight is 396 g/mol. The van der Waals surface area contributed by atoms with Crippen LogP contribution in [-0.4, -0.2) is 47.4 Å². The lowest BCUT2D eigenvalue weighted by molar-refractivity contribution is -0.286. The molecule has 0 heterocycles. The van der Waals surface area contributed by atoms with E-state index < -0.39 is 53.2 Å². The molecular formula is C21H32O7. The maximum absolute atomic E-state index is 12.0. The Kier molecular flexibility index (Phi) is 5.06. The van der Waals surface area contributed by atoms with Gasteiger partial charge in [0.25, 0.3) is 0 Å². The number of hydrogen-bond donors (Lipinski definition) is 1. The van der Waals surface area contributed by atoms with E-state index in [4.69, 9.17) is 14.2 Å². The molecular weight excluding hydrogens is 364 g/mol. The summed E-state index contributed by atoms with van der Waals surface area (Å²) < 4.78 is 17.1. The maximum Gasteiger partial charge on any atom is 0.303 e. The molecule has 0 aliphatic heterocycles. The maximum atomic E-state index is 12.0. The van der Waals surface area contributed by atoms with Gasteiger partial charge in [0.2, 0.25) is 0 Å². The lowest BCUT2D eigenvalue weighted by Crippen LogP contribution is -2.72. The number of carbonyl (C=O) groups is 3. The van der Waals surface area contributed by atoms with Crippen LogP contribution in [0.4, 0.5) is 0 Å². The second kappa shape index (κ2) is 6.71. The van der Waals surface area contributed by atoms with E-state index in [-0.39, 0.29) is 23.7 Å². The Bertz CT molecular complexity index is 668. The van der Waals surface area contributed by atoms with E-state index in [1.807, 2.05) is 20.8 Å². The van der Waals surface area contributed by atoms with E-state index in [0.29, 0.717) is 6.42 Å². The molecule has 4 fully saturated rings. The SMILES string of the molecule is CC(=O)O[C@@H]1[C@@H](OC(C)=O)C(C)(C)[C@H]2[C@@H]3[C@H](C)C[C@@H](O)[C@H]2[C@@]3(C)[C@@H]1OC(C)=O. The monoisotopic (exact) mass is 396 g/mol. The molecule has 9 atom stereocenters. The molecule has 4 saturated carbocycles. The first-order valence-electron chi connectivity index (χ1n) is 10.0. The zero-order valence-corrected chi connectivity index (χ0v) is 17.7. The average Bonchev–Trinajstić information content (AvgIpc) is 2.59. The van der Waals surface area contributed by atoms with E-state index in [2.05, 4.69) is 6.92 Å². The molecule has 4 aliphatic rings. The molecule has 28 heavy (non-hydrogen) atoms. The fourth-order valence-electron chi connectivity index (χ4n) is 6.91. The summed E-state index contributed by atoms with van der Waals surface area (Å²) in [5, 5.41) is 10.9. The highest BCUT2D eigenvalue weighted by Gasteiger charge is 2.78. The van der Waals surface area contributed by atoms with Crippen LogP contribution in [0.1, 0.15) is 54.9 Å². The number of esters is 3. The van der Waals surface area contributed by atoms with Crippen LogP contribution in [0.25, 0.3) is 0 Å². The fourth-order valence-corrected chi connectivity index (χ4v) is 6.91. The van der Waals surface area contributed by atoms with E-state index in [9.17, 15) is 19.5 Å². The minimum Gasteiger partial charge on any atom is -0.458 e. The Morgan fingerprint density at radius 2 is 1.32 bits per heavy atom. The second-order valence-corrected chi connectivity index (χ2v) is 9.68. The Morgan fingerprint density at radius 1 is 0.821 bits per heavy atom. The van der Waals surface area contributed by atoms with Crippen molar-refractivity contribution in [3.63, 3.8) is 0 Å². The van der Waals surface area contributed by atoms with Gasteiger partial charge in [0.05, 0.1) is 6.10 Å². The number of ether oxygens (including phenoxy) is 3. The molecule has 4 aliphatic carbocycles. The summed E-state index contributed by atoms with van der Waals surface area (Å²) in [4.78, 5) is 35.9. The summed E-state index contributed by atoms with van der Waals surface area (Å²) in [5.41, 5.74) is -1.15. The molecule has 7 heteroatoms. The topological polar surface area (TPSA) is 99.1 Å². The highest BCUT2D eigenvalue weighted by atomic mass is 16.6. The van der Waals surface area contributed by atoms with Gasteiger partial charge < -0.3 is 19.3 Å². The lowest BCUT2D eigenvalue weighted by Gasteiger charge is -2.70. The zero-order chi connectivity index (χ0) is 21.2. The Hall–Kier alpha value is -1.63. The van der Waals surface area contributed by atoms with Crippen LogP contribution in [0.15, 0.2) is 0 Å². The van der Waals surface area contributed by atoms with Gasteiger partial charge in [-0.25, -0.2) is 0 Å². The van der Waals surface area contributed by atoms with Crippen molar-refractivity contribution in [2.75, 3.05) is 0 Å². The quantitative estimate of drug-likeness (QED) is 0.576. The number of aliphatic hydroxyl groups excluding tert-OH is 1. The number of aliphatic hydroxyl groups is 1. The van der Waals surface area contributed by atoms with Crippen LogP contribution in [-0.2, 0) is 28.6 Å². The Balaban J connectivity index is 2.20. The first-order chi connectivity index (χ1) is 12.8. The number of rotatable bonds is 3. The van der Waals surface area contributed by atoms with Crippen molar-refractivity contribution in [2.24, 2.45) is 34.5 Å². The van der Waals surface area contributed by atoms with E-state index >= 15 is 0 Å². The molecule has 158 valence electrons. The third kappa shape index (κ3) is 2.85. The number of fused-ring (bicyclic) bond motifs is 3. The van der Waals surface area contributed by atoms with Gasteiger partial charge in [-0.1, -0.05) is 27.7 Å². The van der Waals surface area contributed by atoms with Crippen LogP contribution in [0.5, 0.6) is 0 Å². The van der Waals surface area contributed by atoms with Gasteiger partial charge in [-0.15, -0.1) is 0 Å². The van der Waals surface area contributed by atoms with Gasteiger partial charge in [0.1, 0.15) is 12.2 Å². The van der Waals surface area contributed by atoms with Gasteiger partial charge in [-0.2, -0.15) is 0 Å². The predicted octanol–water partition coefficient (Wildman–Crippen LogP) is 2.09. The highest BCUT2D eigenvalue weighted by Crippen LogP contribution is 2.74. The second-order valence-electron chi connectivity index (χ2n) is 9.68. The van der Waals surface area contributed by atoms with E-state index in [1.165, 1.54) is 20.8 Å². The van der Waals surface area contributed by atoms with Crippen molar-refractivity contribution < 1.29 is 33.7 Å². The Morgan fingerprint density at radius 3 is 1.79 bits per heavy atom. The molecule has 1 N–H and O–H groups in total. The molecule has 0 radical (unpaired) electrons. The molecule has 0 aromatic heterocycles. The molecule has 0 unspecified atom stereocenters. The van der Waals surface area contributed by atoms with Crippen LogP contribution in [0.3, 0.4) is 0 Å². The third-order valence-electron chi connectivity index (χ3n) is 7.54. The summed E-state index contributed by atoms with van der Waals surface area (Å²) in [7, 11) is 0. The molecule has 0 saturated heterocycles. The van der Waals surface area contributed by atoms with Gasteiger partial charge in [0, 0.05) is 31.6 Å². The normalized spacial score (nSPS) is 45.9. The highest BCUT2D eigenvalue weighted by molar-refractivity contribution is 5.68. The smallest absolute Gasteiger partial charge is 0.303 e. The van der Waals surface area contributed by atoms with E-state index in [0.717, 1.165) is 0 Å². The number of carbonyl (C=O) groups excluding carboxylic acids is 3. The van der Waals surface area contributed by atoms with Crippen LogP contribution < -0.4 is 0 Å². The van der Waals surface area contributed by atoms with Crippen LogP contribution in [0, 0.1) is 34.5 Å². The van der Waals surface area contributed by atoms with Crippen LogP contribution >= 0.6 is 0 Å². The Labute approximate surface area is 166 Å². The summed E-state index contributed by atoms with van der Waals surface area (Å²) in [6.07, 6.45) is -2.39. The summed E-state index contributed by atoms with van der Waals surface area (Å²) in [6.45, 7) is 12.0. The largest absolute Gasteiger partial charge is 0.458 e. The predicted molar refractivity (Wildman–Crippen MR) is 98.8 cm³/mol. The number of hydrogen-bond acceptors (Lipinski definition) is 7. The van der Waals surface area contributed by atoms with Gasteiger partial charge >= 0.3 is 17.9 Å². The van der Waals surface area contributed by atoms with Crippen LogP contribution in [0.2, 0.25) is 0 Å². The molecule has 0 aromatic rings. The van der Waals surface area contributed by atoms with Gasteiger partial charge in [-0.05, 0) is 30.1 Å². The van der Waals surface area contributed by atoms with Crippen molar-refractivity contribution >= 4 is 17.9 Å². The fraction of sp³-hybridized carbons (Fsp3) is 0.857. The van der Waals surface area contributed by atoms with Crippen molar-refractivity contribution in [2.45, 2.75) is 79.3 Å². The first kappa shape index (κ1) is 21.1. The molecule has 4 bridgehead atoms. The van der Waals surface area contributed by atoms with Crippen molar-refractivity contribution in [1.29, 1.82) is 0 Å². The molecule has 4 rings (SSSR count). The van der Waals surface area contributed by atoms with Crippen molar-refractivity contribution in [3.8, 4) is 0 Å².